The van der Waals surface area contributed by atoms with Gasteiger partial charge in [-0.2, -0.15) is 0 Å². The van der Waals surface area contributed by atoms with Crippen LogP contribution in [0.3, 0.4) is 0 Å². The van der Waals surface area contributed by atoms with E-state index in [-0.39, 0.29) is 0 Å². The first-order valence-electron chi connectivity index (χ1n) is 5.73. The largest absolute Gasteiger partial charge is 0.493 e. The van der Waals surface area contributed by atoms with Gasteiger partial charge < -0.3 is 4.74 Å². The molecule has 15 heavy (non-hydrogen) atoms. The Bertz CT molecular complexity index is 331. The van der Waals surface area contributed by atoms with E-state index in [0.29, 0.717) is 0 Å². The normalized spacial score (nSPS) is 15.3. The van der Waals surface area contributed by atoms with Crippen LogP contribution in [-0.2, 0) is 0 Å². The van der Waals surface area contributed by atoms with E-state index < -0.39 is 0 Å². The maximum Gasteiger partial charge on any atom is 0.122 e. The second-order valence-corrected chi connectivity index (χ2v) is 5.07. The minimum atomic E-state index is 0.749. The molecule has 2 rings (SSSR count). The molecule has 0 aliphatic heterocycles. The number of unbranched alkanes of at least 4 members (excludes halogenated alkanes) is 1. The van der Waals surface area contributed by atoms with Gasteiger partial charge in [0.1, 0.15) is 5.75 Å². The Morgan fingerprint density at radius 2 is 2.20 bits per heavy atom. The zero-order chi connectivity index (χ0) is 10.7. The number of ether oxygens (including phenoxy) is 1. The summed E-state index contributed by atoms with van der Waals surface area (Å²) in [4.78, 5) is 0. The third kappa shape index (κ3) is 2.97. The quantitative estimate of drug-likeness (QED) is 0.715. The molecule has 0 saturated heterocycles. The van der Waals surface area contributed by atoms with Crippen LogP contribution in [-0.4, -0.2) is 6.61 Å². The number of hydrogen-bond donors (Lipinski definition) is 0. The molecule has 1 aliphatic rings. The van der Waals surface area contributed by atoms with Crippen LogP contribution in [0.2, 0.25) is 0 Å². The van der Waals surface area contributed by atoms with Crippen LogP contribution in [0.4, 0.5) is 0 Å². The summed E-state index contributed by atoms with van der Waals surface area (Å²) in [5.74, 6) is 1.84. The lowest BCUT2D eigenvalue weighted by atomic mass is 10.1. The van der Waals surface area contributed by atoms with E-state index in [4.69, 9.17) is 4.74 Å². The van der Waals surface area contributed by atoms with Gasteiger partial charge >= 0.3 is 0 Å². The smallest absolute Gasteiger partial charge is 0.122 e. The Hall–Kier alpha value is -0.500. The number of hydrogen-bond acceptors (Lipinski definition) is 1. The van der Waals surface area contributed by atoms with Gasteiger partial charge in [0.25, 0.3) is 0 Å². The second-order valence-electron chi connectivity index (χ2n) is 4.16. The Kier molecular flexibility index (Phi) is 3.68. The van der Waals surface area contributed by atoms with Gasteiger partial charge in [-0.1, -0.05) is 29.3 Å². The Morgan fingerprint density at radius 1 is 1.40 bits per heavy atom. The molecule has 0 atom stereocenters. The van der Waals surface area contributed by atoms with Crippen molar-refractivity contribution in [3.63, 3.8) is 0 Å². The minimum absolute atomic E-state index is 0.749. The van der Waals surface area contributed by atoms with Gasteiger partial charge in [-0.3, -0.25) is 0 Å². The predicted octanol–water partition coefficient (Wildman–Crippen LogP) is 4.51. The van der Waals surface area contributed by atoms with E-state index in [2.05, 4.69) is 41.1 Å². The zero-order valence-electron chi connectivity index (χ0n) is 9.13. The van der Waals surface area contributed by atoms with Gasteiger partial charge in [0.05, 0.1) is 6.61 Å². The van der Waals surface area contributed by atoms with Crippen molar-refractivity contribution < 1.29 is 4.74 Å². The van der Waals surface area contributed by atoms with E-state index in [0.717, 1.165) is 29.2 Å². The molecule has 0 amide bonds. The average Bonchev–Trinajstić information content (AvgIpc) is 3.04. The Morgan fingerprint density at radius 3 is 2.87 bits per heavy atom. The van der Waals surface area contributed by atoms with Crippen molar-refractivity contribution in [3.8, 4) is 5.75 Å². The third-order valence-corrected chi connectivity index (χ3v) is 3.24. The molecule has 1 fully saturated rings. The van der Waals surface area contributed by atoms with Crippen LogP contribution >= 0.6 is 15.9 Å². The van der Waals surface area contributed by atoms with E-state index in [9.17, 15) is 0 Å². The maximum absolute atomic E-state index is 5.81. The summed E-state index contributed by atoms with van der Waals surface area (Å²) in [5, 5.41) is 0. The third-order valence-electron chi connectivity index (χ3n) is 2.74. The summed E-state index contributed by atoms with van der Waals surface area (Å²) >= 11 is 3.52. The van der Waals surface area contributed by atoms with Crippen LogP contribution < -0.4 is 4.74 Å². The first-order valence-corrected chi connectivity index (χ1v) is 6.53. The molecule has 1 aromatic carbocycles. The molecule has 0 N–H and O–H groups in total. The monoisotopic (exact) mass is 268 g/mol. The molecular formula is C13H17BrO. The predicted molar refractivity (Wildman–Crippen MR) is 66.5 cm³/mol. The van der Waals surface area contributed by atoms with Crippen molar-refractivity contribution in [1.82, 2.24) is 0 Å². The number of benzene rings is 1. The molecule has 0 spiro atoms. The standard InChI is InChI=1S/C13H17BrO/c1-2-3-8-15-13-7-6-11(14)9-12(13)10-4-5-10/h6-7,9-10H,2-5,8H2,1H3. The Labute approximate surface area is 100.0 Å². The minimum Gasteiger partial charge on any atom is -0.493 e. The van der Waals surface area contributed by atoms with Gasteiger partial charge in [0.15, 0.2) is 0 Å². The topological polar surface area (TPSA) is 9.23 Å². The van der Waals surface area contributed by atoms with Gasteiger partial charge in [0, 0.05) is 4.47 Å². The van der Waals surface area contributed by atoms with Crippen LogP contribution in [0, 0.1) is 0 Å². The van der Waals surface area contributed by atoms with Crippen molar-refractivity contribution in [1.29, 1.82) is 0 Å². The molecule has 2 heteroatoms. The lowest BCUT2D eigenvalue weighted by molar-refractivity contribution is 0.306. The fourth-order valence-corrected chi connectivity index (χ4v) is 2.07. The van der Waals surface area contributed by atoms with Gasteiger partial charge in [-0.15, -0.1) is 0 Å². The SMILES string of the molecule is CCCCOc1ccc(Br)cc1C1CC1. The molecule has 1 saturated carbocycles. The van der Waals surface area contributed by atoms with Gasteiger partial charge in [-0.25, -0.2) is 0 Å². The summed E-state index contributed by atoms with van der Waals surface area (Å²) in [5.41, 5.74) is 1.39. The molecule has 1 aromatic rings. The van der Waals surface area contributed by atoms with Gasteiger partial charge in [-0.05, 0) is 48.9 Å². The van der Waals surface area contributed by atoms with Crippen LogP contribution in [0.15, 0.2) is 22.7 Å². The lowest BCUT2D eigenvalue weighted by Crippen LogP contribution is -1.99. The number of halogens is 1. The van der Waals surface area contributed by atoms with Crippen LogP contribution in [0.1, 0.15) is 44.1 Å². The summed E-state index contributed by atoms with van der Waals surface area (Å²) in [7, 11) is 0. The number of rotatable bonds is 5. The highest BCUT2D eigenvalue weighted by atomic mass is 79.9. The highest BCUT2D eigenvalue weighted by Gasteiger charge is 2.26. The van der Waals surface area contributed by atoms with E-state index in [1.165, 1.54) is 24.8 Å². The first-order chi connectivity index (χ1) is 7.31. The Balaban J connectivity index is 2.07. The molecule has 0 unspecified atom stereocenters. The molecule has 1 nitrogen and oxygen atoms in total. The van der Waals surface area contributed by atoms with E-state index in [1.54, 1.807) is 0 Å². The van der Waals surface area contributed by atoms with E-state index >= 15 is 0 Å². The van der Waals surface area contributed by atoms with Crippen molar-refractivity contribution in [3.05, 3.63) is 28.2 Å². The fraction of sp³-hybridized carbons (Fsp3) is 0.538. The average molecular weight is 269 g/mol. The molecule has 0 radical (unpaired) electrons. The highest BCUT2D eigenvalue weighted by Crippen LogP contribution is 2.45. The molecule has 0 bridgehead atoms. The zero-order valence-corrected chi connectivity index (χ0v) is 10.7. The summed E-state index contributed by atoms with van der Waals surface area (Å²) in [6, 6.07) is 6.36. The lowest BCUT2D eigenvalue weighted by Gasteiger charge is -2.11. The first kappa shape index (κ1) is 11.0. The van der Waals surface area contributed by atoms with Gasteiger partial charge in [0.2, 0.25) is 0 Å². The molecule has 0 heterocycles. The summed E-state index contributed by atoms with van der Waals surface area (Å²) in [6.45, 7) is 3.03. The maximum atomic E-state index is 5.81. The van der Waals surface area contributed by atoms with Crippen molar-refractivity contribution in [2.24, 2.45) is 0 Å². The van der Waals surface area contributed by atoms with Crippen LogP contribution in [0.5, 0.6) is 5.75 Å². The molecule has 82 valence electrons. The van der Waals surface area contributed by atoms with Crippen LogP contribution in [0.25, 0.3) is 0 Å². The summed E-state index contributed by atoms with van der Waals surface area (Å²) < 4.78 is 6.97. The molecular weight excluding hydrogens is 252 g/mol. The molecule has 1 aliphatic carbocycles. The van der Waals surface area contributed by atoms with Crippen molar-refractivity contribution >= 4 is 15.9 Å². The second kappa shape index (κ2) is 5.02. The fourth-order valence-electron chi connectivity index (χ4n) is 1.69. The summed E-state index contributed by atoms with van der Waals surface area (Å²) in [6.07, 6.45) is 4.97. The van der Waals surface area contributed by atoms with Crippen molar-refractivity contribution in [2.75, 3.05) is 6.61 Å². The highest BCUT2D eigenvalue weighted by molar-refractivity contribution is 9.10. The van der Waals surface area contributed by atoms with E-state index in [1.807, 2.05) is 0 Å². The molecule has 0 aromatic heterocycles. The van der Waals surface area contributed by atoms with Crippen molar-refractivity contribution in [2.45, 2.75) is 38.5 Å².